The Morgan fingerprint density at radius 3 is 2.25 bits per heavy atom. The molecule has 0 amide bonds. The van der Waals surface area contributed by atoms with Gasteiger partial charge in [-0.25, -0.2) is 8.78 Å². The molecule has 0 radical (unpaired) electrons. The first-order valence-corrected chi connectivity index (χ1v) is 10.1. The molecule has 0 bridgehead atoms. The number of aliphatic hydroxyl groups is 1. The minimum atomic E-state index is -0.727. The fourth-order valence-corrected chi connectivity index (χ4v) is 3.20. The smallest absolute Gasteiger partial charge is 0.126 e. The zero-order valence-corrected chi connectivity index (χ0v) is 17.4. The largest absolute Gasteiger partial charge is 0.392 e. The van der Waals surface area contributed by atoms with E-state index in [-0.39, 0.29) is 30.0 Å². The third-order valence-electron chi connectivity index (χ3n) is 4.10. The van der Waals surface area contributed by atoms with Gasteiger partial charge in [-0.1, -0.05) is 23.2 Å². The third kappa shape index (κ3) is 7.82. The van der Waals surface area contributed by atoms with Crippen molar-refractivity contribution in [3.8, 4) is 0 Å². The van der Waals surface area contributed by atoms with Gasteiger partial charge in [-0.05, 0) is 47.5 Å². The fraction of sp³-hybridized carbons (Fsp3) is 0.400. The van der Waals surface area contributed by atoms with E-state index in [0.717, 1.165) is 13.1 Å². The predicted octanol–water partition coefficient (Wildman–Crippen LogP) is 4.63. The van der Waals surface area contributed by atoms with Crippen LogP contribution >= 0.6 is 34.8 Å². The van der Waals surface area contributed by atoms with Crippen molar-refractivity contribution >= 4 is 34.8 Å². The van der Waals surface area contributed by atoms with Crippen LogP contribution in [0.25, 0.3) is 0 Å². The van der Waals surface area contributed by atoms with E-state index in [0.29, 0.717) is 34.2 Å². The molecule has 154 valence electrons. The SMILES string of the molecule is Fc1ccc(Cl)cc1C[C@@H]1CNCCO1.O[C@@H](CCl)Cc1cc(Cl)ccc1F. The van der Waals surface area contributed by atoms with Crippen LogP contribution in [0.2, 0.25) is 10.0 Å². The number of nitrogens with one attached hydrogen (secondary N) is 1. The van der Waals surface area contributed by atoms with Gasteiger partial charge in [-0.2, -0.15) is 0 Å². The van der Waals surface area contributed by atoms with Crippen LogP contribution in [-0.4, -0.2) is 42.9 Å². The fourth-order valence-electron chi connectivity index (χ4n) is 2.70. The Balaban J connectivity index is 0.000000203. The first-order valence-electron chi connectivity index (χ1n) is 8.83. The summed E-state index contributed by atoms with van der Waals surface area (Å²) in [5, 5.41) is 13.4. The van der Waals surface area contributed by atoms with Crippen LogP contribution in [0.4, 0.5) is 8.78 Å². The number of benzene rings is 2. The first kappa shape index (κ1) is 23.3. The summed E-state index contributed by atoms with van der Waals surface area (Å²) in [4.78, 5) is 0. The highest BCUT2D eigenvalue weighted by atomic mass is 35.5. The van der Waals surface area contributed by atoms with E-state index in [1.807, 2.05) is 0 Å². The highest BCUT2D eigenvalue weighted by molar-refractivity contribution is 6.30. The maximum absolute atomic E-state index is 13.4. The summed E-state index contributed by atoms with van der Waals surface area (Å²) in [6.07, 6.45) is 0.0799. The van der Waals surface area contributed by atoms with E-state index in [1.54, 1.807) is 12.1 Å². The number of rotatable bonds is 5. The molecule has 1 fully saturated rings. The van der Waals surface area contributed by atoms with Crippen molar-refractivity contribution in [2.45, 2.75) is 25.0 Å². The summed E-state index contributed by atoms with van der Waals surface area (Å²) in [5.74, 6) is -0.492. The highest BCUT2D eigenvalue weighted by Crippen LogP contribution is 2.18. The molecule has 1 aliphatic heterocycles. The Bertz CT molecular complexity index is 758. The molecule has 3 rings (SSSR count). The van der Waals surface area contributed by atoms with Crippen molar-refractivity contribution in [3.05, 3.63) is 69.2 Å². The van der Waals surface area contributed by atoms with Crippen molar-refractivity contribution in [3.63, 3.8) is 0 Å². The number of halogens is 5. The van der Waals surface area contributed by atoms with E-state index >= 15 is 0 Å². The number of aliphatic hydroxyl groups excluding tert-OH is 1. The first-order chi connectivity index (χ1) is 13.4. The molecule has 0 aliphatic carbocycles. The van der Waals surface area contributed by atoms with Gasteiger partial charge in [-0.3, -0.25) is 0 Å². The average Bonchev–Trinajstić information content (AvgIpc) is 2.69. The lowest BCUT2D eigenvalue weighted by Crippen LogP contribution is -2.39. The molecule has 1 heterocycles. The molecule has 2 N–H and O–H groups in total. The Labute approximate surface area is 178 Å². The lowest BCUT2D eigenvalue weighted by Gasteiger charge is -2.23. The second kappa shape index (κ2) is 11.9. The van der Waals surface area contributed by atoms with Crippen LogP contribution in [0.1, 0.15) is 11.1 Å². The van der Waals surface area contributed by atoms with Gasteiger partial charge in [0.05, 0.1) is 18.8 Å². The van der Waals surface area contributed by atoms with Gasteiger partial charge in [0.2, 0.25) is 0 Å². The molecule has 1 saturated heterocycles. The summed E-state index contributed by atoms with van der Waals surface area (Å²) < 4.78 is 31.9. The minimum absolute atomic E-state index is 0.0479. The predicted molar refractivity (Wildman–Crippen MR) is 110 cm³/mol. The molecule has 0 unspecified atom stereocenters. The van der Waals surface area contributed by atoms with Crippen LogP contribution in [0.15, 0.2) is 36.4 Å². The van der Waals surface area contributed by atoms with E-state index in [2.05, 4.69) is 5.32 Å². The number of morpholine rings is 1. The summed E-state index contributed by atoms with van der Waals surface area (Å²) in [6.45, 7) is 2.33. The van der Waals surface area contributed by atoms with Crippen LogP contribution in [0.3, 0.4) is 0 Å². The molecule has 1 aliphatic rings. The van der Waals surface area contributed by atoms with Crippen LogP contribution in [0, 0.1) is 11.6 Å². The summed E-state index contributed by atoms with van der Waals surface area (Å²) in [7, 11) is 0. The Hall–Kier alpha value is -0.950. The summed E-state index contributed by atoms with van der Waals surface area (Å²) in [5.41, 5.74) is 1.01. The molecule has 3 nitrogen and oxygen atoms in total. The van der Waals surface area contributed by atoms with Crippen molar-refractivity contribution in [2.75, 3.05) is 25.6 Å². The van der Waals surface area contributed by atoms with Crippen molar-refractivity contribution in [1.82, 2.24) is 5.32 Å². The molecular formula is C20H22Cl3F2NO2. The molecule has 0 spiro atoms. The lowest BCUT2D eigenvalue weighted by molar-refractivity contribution is 0.0287. The number of hydrogen-bond acceptors (Lipinski definition) is 3. The van der Waals surface area contributed by atoms with Gasteiger partial charge in [0, 0.05) is 41.9 Å². The molecule has 0 saturated carbocycles. The van der Waals surface area contributed by atoms with Crippen LogP contribution in [0.5, 0.6) is 0 Å². The van der Waals surface area contributed by atoms with Gasteiger partial charge in [0.25, 0.3) is 0 Å². The van der Waals surface area contributed by atoms with E-state index in [4.69, 9.17) is 39.5 Å². The van der Waals surface area contributed by atoms with Gasteiger partial charge in [-0.15, -0.1) is 11.6 Å². The quantitative estimate of drug-likeness (QED) is 0.650. The van der Waals surface area contributed by atoms with Crippen molar-refractivity contribution in [1.29, 1.82) is 0 Å². The minimum Gasteiger partial charge on any atom is -0.392 e. The van der Waals surface area contributed by atoms with Gasteiger partial charge in [0.1, 0.15) is 11.6 Å². The topological polar surface area (TPSA) is 41.5 Å². The van der Waals surface area contributed by atoms with Crippen molar-refractivity contribution in [2.24, 2.45) is 0 Å². The number of hydrogen-bond donors (Lipinski definition) is 2. The Morgan fingerprint density at radius 2 is 1.68 bits per heavy atom. The van der Waals surface area contributed by atoms with E-state index in [1.165, 1.54) is 24.3 Å². The molecular weight excluding hydrogens is 431 g/mol. The summed E-state index contributed by atoms with van der Waals surface area (Å²) >= 11 is 16.9. The van der Waals surface area contributed by atoms with E-state index < -0.39 is 6.10 Å². The van der Waals surface area contributed by atoms with Gasteiger partial charge in [0.15, 0.2) is 0 Å². The second-order valence-electron chi connectivity index (χ2n) is 6.38. The monoisotopic (exact) mass is 451 g/mol. The zero-order chi connectivity index (χ0) is 20.5. The van der Waals surface area contributed by atoms with Crippen LogP contribution < -0.4 is 5.32 Å². The zero-order valence-electron chi connectivity index (χ0n) is 15.1. The van der Waals surface area contributed by atoms with Gasteiger partial charge >= 0.3 is 0 Å². The second-order valence-corrected chi connectivity index (χ2v) is 7.57. The maximum Gasteiger partial charge on any atom is 0.126 e. The Morgan fingerprint density at radius 1 is 1.07 bits per heavy atom. The number of ether oxygens (including phenoxy) is 1. The standard InChI is InChI=1S/C11H13ClFNO.C9H9Cl2FO/c12-9-1-2-11(13)8(5-9)6-10-7-14-3-4-15-10;10-5-8(13)4-6-3-7(11)1-2-9(6)12/h1-2,5,10,14H,3-4,6-7H2;1-3,8,13H,4-5H2/t10-;8-/m11/s1. The Kier molecular flexibility index (Phi) is 9.92. The molecule has 2 aromatic carbocycles. The number of alkyl halides is 1. The molecule has 0 aromatic heterocycles. The lowest BCUT2D eigenvalue weighted by atomic mass is 10.1. The molecule has 2 aromatic rings. The van der Waals surface area contributed by atoms with Crippen molar-refractivity contribution < 1.29 is 18.6 Å². The summed E-state index contributed by atoms with van der Waals surface area (Å²) in [6, 6.07) is 8.85. The molecule has 28 heavy (non-hydrogen) atoms. The molecule has 8 heteroatoms. The third-order valence-corrected chi connectivity index (χ3v) is 4.93. The normalized spacial score (nSPS) is 17.6. The average molecular weight is 453 g/mol. The highest BCUT2D eigenvalue weighted by Gasteiger charge is 2.16. The maximum atomic E-state index is 13.4. The van der Waals surface area contributed by atoms with Crippen LogP contribution in [-0.2, 0) is 17.6 Å². The molecule has 2 atom stereocenters. The van der Waals surface area contributed by atoms with E-state index in [9.17, 15) is 13.9 Å². The van der Waals surface area contributed by atoms with Gasteiger partial charge < -0.3 is 15.2 Å².